The third kappa shape index (κ3) is 4.33. The van der Waals surface area contributed by atoms with Crippen LogP contribution >= 0.6 is 11.3 Å². The Balaban J connectivity index is 2.69. The molecule has 5 nitrogen and oxygen atoms in total. The lowest BCUT2D eigenvalue weighted by atomic mass is 10.1. The number of nitrogens with one attached hydrogen (secondary N) is 1. The zero-order valence-corrected chi connectivity index (χ0v) is 11.9. The van der Waals surface area contributed by atoms with E-state index in [9.17, 15) is 9.59 Å². The van der Waals surface area contributed by atoms with Crippen LogP contribution < -0.4 is 5.32 Å². The van der Waals surface area contributed by atoms with E-state index in [1.54, 1.807) is 0 Å². The Hall–Kier alpha value is -1.40. The van der Waals surface area contributed by atoms with Gasteiger partial charge in [-0.05, 0) is 24.5 Å². The van der Waals surface area contributed by atoms with Crippen molar-refractivity contribution in [2.45, 2.75) is 39.2 Å². The summed E-state index contributed by atoms with van der Waals surface area (Å²) in [6.45, 7) is 3.84. The van der Waals surface area contributed by atoms with Gasteiger partial charge in [0.15, 0.2) is 6.10 Å². The van der Waals surface area contributed by atoms with Crippen LogP contribution in [0.4, 0.5) is 0 Å². The quantitative estimate of drug-likeness (QED) is 0.707. The normalized spacial score (nSPS) is 12.2. The summed E-state index contributed by atoms with van der Waals surface area (Å²) in [4.78, 5) is 24.1. The van der Waals surface area contributed by atoms with Gasteiger partial charge in [-0.3, -0.25) is 4.79 Å². The first-order valence-corrected chi connectivity index (χ1v) is 7.11. The molecule has 1 amide bonds. The number of hydrogen-bond donors (Lipinski definition) is 3. The summed E-state index contributed by atoms with van der Waals surface area (Å²) in [6.07, 6.45) is 1.27. The number of carbonyl (C=O) groups is 2. The third-order valence-electron chi connectivity index (χ3n) is 2.72. The van der Waals surface area contributed by atoms with Crippen LogP contribution in [0.5, 0.6) is 0 Å². The number of aryl methyl sites for hydroxylation is 2. The van der Waals surface area contributed by atoms with Crippen molar-refractivity contribution in [3.63, 3.8) is 0 Å². The maximum absolute atomic E-state index is 11.9. The summed E-state index contributed by atoms with van der Waals surface area (Å²) in [5.74, 6) is -1.67. The van der Waals surface area contributed by atoms with Gasteiger partial charge in [0.25, 0.3) is 5.91 Å². The number of rotatable bonds is 7. The first kappa shape index (κ1) is 15.7. The van der Waals surface area contributed by atoms with E-state index in [1.165, 1.54) is 16.2 Å². The summed E-state index contributed by atoms with van der Waals surface area (Å²) >= 11 is 1.44. The topological polar surface area (TPSA) is 86.6 Å². The Morgan fingerprint density at radius 2 is 2.11 bits per heavy atom. The molecule has 3 N–H and O–H groups in total. The molecule has 19 heavy (non-hydrogen) atoms. The van der Waals surface area contributed by atoms with Crippen molar-refractivity contribution < 1.29 is 19.8 Å². The fraction of sp³-hybridized carbons (Fsp3) is 0.538. The molecular weight excluding hydrogens is 266 g/mol. The summed E-state index contributed by atoms with van der Waals surface area (Å²) in [6, 6.07) is 1.85. The van der Waals surface area contributed by atoms with Gasteiger partial charge in [-0.1, -0.05) is 20.3 Å². The minimum Gasteiger partial charge on any atom is -0.479 e. The highest BCUT2D eigenvalue weighted by Gasteiger charge is 2.17. The largest absolute Gasteiger partial charge is 0.479 e. The van der Waals surface area contributed by atoms with Crippen molar-refractivity contribution in [2.75, 3.05) is 6.54 Å². The molecule has 0 saturated heterocycles. The molecule has 1 aromatic rings. The highest BCUT2D eigenvalue weighted by molar-refractivity contribution is 7.14. The molecule has 0 bridgehead atoms. The molecule has 0 saturated carbocycles. The van der Waals surface area contributed by atoms with Gasteiger partial charge < -0.3 is 15.5 Å². The number of hydrogen-bond acceptors (Lipinski definition) is 4. The van der Waals surface area contributed by atoms with Crippen LogP contribution in [0.15, 0.2) is 6.07 Å². The molecule has 0 aromatic carbocycles. The van der Waals surface area contributed by atoms with Gasteiger partial charge in [0.2, 0.25) is 0 Å². The van der Waals surface area contributed by atoms with E-state index in [0.29, 0.717) is 4.88 Å². The first-order valence-electron chi connectivity index (χ1n) is 6.30. The average Bonchev–Trinajstić information content (AvgIpc) is 2.79. The average molecular weight is 285 g/mol. The smallest absolute Gasteiger partial charge is 0.334 e. The Bertz CT molecular complexity index is 455. The van der Waals surface area contributed by atoms with Gasteiger partial charge in [-0.15, -0.1) is 11.3 Å². The Labute approximate surface area is 116 Å². The fourth-order valence-electron chi connectivity index (χ4n) is 1.68. The lowest BCUT2D eigenvalue weighted by Gasteiger charge is -2.06. The van der Waals surface area contributed by atoms with Crippen LogP contribution in [0.2, 0.25) is 0 Å². The number of amides is 1. The van der Waals surface area contributed by atoms with Crippen LogP contribution in [-0.4, -0.2) is 34.7 Å². The second-order valence-corrected chi connectivity index (χ2v) is 5.36. The molecule has 106 valence electrons. The number of aliphatic carboxylic acids is 1. The highest BCUT2D eigenvalue weighted by atomic mass is 32.1. The maximum Gasteiger partial charge on any atom is 0.334 e. The summed E-state index contributed by atoms with van der Waals surface area (Å²) in [5.41, 5.74) is 1.16. The number of carboxylic acids is 1. The van der Waals surface area contributed by atoms with Crippen LogP contribution in [0, 0.1) is 0 Å². The van der Waals surface area contributed by atoms with Crippen LogP contribution in [0.1, 0.15) is 40.4 Å². The molecule has 0 aliphatic carbocycles. The molecule has 0 unspecified atom stereocenters. The SMILES string of the molecule is CCCc1sc(C(=O)NC[C@H](O)C(=O)O)cc1CC. The lowest BCUT2D eigenvalue weighted by Crippen LogP contribution is -2.36. The van der Waals surface area contributed by atoms with Crippen molar-refractivity contribution in [1.29, 1.82) is 0 Å². The van der Waals surface area contributed by atoms with Crippen molar-refractivity contribution in [1.82, 2.24) is 5.32 Å². The molecule has 0 aliphatic rings. The van der Waals surface area contributed by atoms with Crippen LogP contribution in [0.3, 0.4) is 0 Å². The van der Waals surface area contributed by atoms with Gasteiger partial charge in [0.05, 0.1) is 11.4 Å². The molecule has 1 aromatic heterocycles. The lowest BCUT2D eigenvalue weighted by molar-refractivity contribution is -0.146. The van der Waals surface area contributed by atoms with Crippen LogP contribution in [-0.2, 0) is 17.6 Å². The molecule has 1 atom stereocenters. The monoisotopic (exact) mass is 285 g/mol. The van der Waals surface area contributed by atoms with E-state index in [0.717, 1.165) is 24.8 Å². The minimum atomic E-state index is -1.57. The predicted molar refractivity (Wildman–Crippen MR) is 73.7 cm³/mol. The molecule has 0 spiro atoms. The van der Waals surface area contributed by atoms with Gasteiger partial charge in [-0.25, -0.2) is 4.79 Å². The number of thiophene rings is 1. The third-order valence-corrected chi connectivity index (χ3v) is 3.96. The van der Waals surface area contributed by atoms with Crippen molar-refractivity contribution in [3.8, 4) is 0 Å². The van der Waals surface area contributed by atoms with E-state index in [2.05, 4.69) is 12.2 Å². The summed E-state index contributed by atoms with van der Waals surface area (Å²) < 4.78 is 0. The Morgan fingerprint density at radius 1 is 1.42 bits per heavy atom. The van der Waals surface area contributed by atoms with Crippen molar-refractivity contribution >= 4 is 23.2 Å². The maximum atomic E-state index is 11.9. The zero-order chi connectivity index (χ0) is 14.4. The van der Waals surface area contributed by atoms with Crippen LogP contribution in [0.25, 0.3) is 0 Å². The predicted octanol–water partition coefficient (Wildman–Crippen LogP) is 1.44. The van der Waals surface area contributed by atoms with E-state index >= 15 is 0 Å². The number of aliphatic hydroxyl groups is 1. The van der Waals surface area contributed by atoms with Gasteiger partial charge >= 0.3 is 5.97 Å². The number of carboxylic acid groups (broad SMARTS) is 1. The molecular formula is C13H19NO4S. The summed E-state index contributed by atoms with van der Waals surface area (Å²) in [5, 5.41) is 20.1. The van der Waals surface area contributed by atoms with Crippen molar-refractivity contribution in [2.24, 2.45) is 0 Å². The zero-order valence-electron chi connectivity index (χ0n) is 11.1. The van der Waals surface area contributed by atoms with Crippen molar-refractivity contribution in [3.05, 3.63) is 21.4 Å². The number of aliphatic hydroxyl groups excluding tert-OH is 1. The molecule has 1 rings (SSSR count). The molecule has 0 radical (unpaired) electrons. The van der Waals surface area contributed by atoms with E-state index in [-0.39, 0.29) is 12.5 Å². The molecule has 1 heterocycles. The highest BCUT2D eigenvalue weighted by Crippen LogP contribution is 2.24. The standard InChI is InChI=1S/C13H19NO4S/c1-3-5-10-8(4-2)6-11(19-10)12(16)14-7-9(15)13(17)18/h6,9,15H,3-5,7H2,1-2H3,(H,14,16)(H,17,18)/t9-/m0/s1. The van der Waals surface area contributed by atoms with Gasteiger partial charge in [0, 0.05) is 4.88 Å². The number of carbonyl (C=O) groups excluding carboxylic acids is 1. The molecule has 6 heteroatoms. The Kier molecular flexibility index (Phi) is 5.98. The first-order chi connectivity index (χ1) is 8.99. The fourth-order valence-corrected chi connectivity index (χ4v) is 2.95. The van der Waals surface area contributed by atoms with E-state index in [1.807, 2.05) is 13.0 Å². The second kappa shape index (κ2) is 7.25. The van der Waals surface area contributed by atoms with Gasteiger partial charge in [0.1, 0.15) is 0 Å². The van der Waals surface area contributed by atoms with E-state index in [4.69, 9.17) is 10.2 Å². The van der Waals surface area contributed by atoms with E-state index < -0.39 is 12.1 Å². The molecule has 0 fully saturated rings. The van der Waals surface area contributed by atoms with Gasteiger partial charge in [-0.2, -0.15) is 0 Å². The molecule has 0 aliphatic heterocycles. The minimum absolute atomic E-state index is 0.281. The Morgan fingerprint density at radius 3 is 2.63 bits per heavy atom. The summed E-state index contributed by atoms with van der Waals surface area (Å²) in [7, 11) is 0. The second-order valence-electron chi connectivity index (χ2n) is 4.23.